The second-order valence-corrected chi connectivity index (χ2v) is 5.29. The minimum atomic E-state index is -0.121. The van der Waals surface area contributed by atoms with Crippen LogP contribution in [0.5, 0.6) is 0 Å². The van der Waals surface area contributed by atoms with Gasteiger partial charge >= 0.3 is 0 Å². The van der Waals surface area contributed by atoms with E-state index in [-0.39, 0.29) is 5.91 Å². The molecule has 0 atom stereocenters. The number of carbonyl (C=O) groups is 1. The van der Waals surface area contributed by atoms with Crippen LogP contribution in [0.3, 0.4) is 0 Å². The van der Waals surface area contributed by atoms with E-state index in [1.54, 1.807) is 17.8 Å². The molecule has 0 aliphatic carbocycles. The van der Waals surface area contributed by atoms with Crippen molar-refractivity contribution >= 4 is 28.8 Å². The Hall–Kier alpha value is -1.33. The van der Waals surface area contributed by atoms with Gasteiger partial charge in [-0.15, -0.1) is 11.3 Å². The molecule has 1 amide bonds. The molecule has 2 aromatic rings. The van der Waals surface area contributed by atoms with Gasteiger partial charge in [0.15, 0.2) is 0 Å². The summed E-state index contributed by atoms with van der Waals surface area (Å²) in [7, 11) is 0. The highest BCUT2D eigenvalue weighted by molar-refractivity contribution is 7.12. The largest absolute Gasteiger partial charge is 0.349 e. The molecule has 4 nitrogen and oxygen atoms in total. The van der Waals surface area contributed by atoms with E-state index in [0.717, 1.165) is 11.4 Å². The van der Waals surface area contributed by atoms with Gasteiger partial charge in [0.1, 0.15) is 4.88 Å². The van der Waals surface area contributed by atoms with E-state index in [1.165, 1.54) is 11.3 Å². The number of imidazole rings is 1. The number of halogens is 1. The zero-order valence-corrected chi connectivity index (χ0v) is 11.8. The number of nitrogens with one attached hydrogen (secondary N) is 1. The molecule has 0 aromatic carbocycles. The molecule has 0 aliphatic heterocycles. The average molecular weight is 284 g/mol. The molecule has 0 spiro atoms. The Morgan fingerprint density at radius 1 is 1.56 bits per heavy atom. The molecule has 18 heavy (non-hydrogen) atoms. The summed E-state index contributed by atoms with van der Waals surface area (Å²) in [6.45, 7) is 5.25. The molecule has 6 heteroatoms. The van der Waals surface area contributed by atoms with Crippen LogP contribution in [0.25, 0.3) is 0 Å². The molecular formula is C12H14ClN3OS. The zero-order valence-electron chi connectivity index (χ0n) is 10.2. The van der Waals surface area contributed by atoms with Gasteiger partial charge in [-0.05, 0) is 25.3 Å². The van der Waals surface area contributed by atoms with Crippen LogP contribution in [0.1, 0.15) is 21.1 Å². The lowest BCUT2D eigenvalue weighted by atomic mass is 10.4. The summed E-state index contributed by atoms with van der Waals surface area (Å²) in [5.74, 6) is -0.121. The summed E-state index contributed by atoms with van der Waals surface area (Å²) in [4.78, 5) is 16.6. The van der Waals surface area contributed by atoms with Crippen LogP contribution in [-0.4, -0.2) is 22.0 Å². The zero-order chi connectivity index (χ0) is 13.1. The van der Waals surface area contributed by atoms with Crippen LogP contribution in [0, 0.1) is 13.8 Å². The third-order valence-corrected chi connectivity index (χ3v) is 4.15. The third-order valence-electron chi connectivity index (χ3n) is 2.81. The van der Waals surface area contributed by atoms with Crippen LogP contribution >= 0.6 is 22.9 Å². The van der Waals surface area contributed by atoms with E-state index in [4.69, 9.17) is 11.6 Å². The molecule has 0 saturated heterocycles. The molecule has 0 fully saturated rings. The number of amides is 1. The highest BCUT2D eigenvalue weighted by atomic mass is 35.5. The van der Waals surface area contributed by atoms with E-state index >= 15 is 0 Å². The Morgan fingerprint density at radius 3 is 2.89 bits per heavy atom. The minimum absolute atomic E-state index is 0.121. The molecule has 1 N–H and O–H groups in total. The van der Waals surface area contributed by atoms with Gasteiger partial charge < -0.3 is 9.88 Å². The fourth-order valence-corrected chi connectivity index (χ4v) is 2.65. The number of aromatic nitrogens is 2. The highest BCUT2D eigenvalue weighted by Crippen LogP contribution is 2.21. The van der Waals surface area contributed by atoms with Gasteiger partial charge in [0.2, 0.25) is 0 Å². The van der Waals surface area contributed by atoms with Crippen molar-refractivity contribution in [2.24, 2.45) is 0 Å². The van der Waals surface area contributed by atoms with Gasteiger partial charge in [-0.25, -0.2) is 4.98 Å². The lowest BCUT2D eigenvalue weighted by Crippen LogP contribution is -2.26. The van der Waals surface area contributed by atoms with Crippen LogP contribution in [0.2, 0.25) is 5.02 Å². The maximum absolute atomic E-state index is 11.8. The van der Waals surface area contributed by atoms with Gasteiger partial charge in [-0.2, -0.15) is 0 Å². The van der Waals surface area contributed by atoms with Crippen LogP contribution in [0.15, 0.2) is 17.8 Å². The Labute approximate surface area is 115 Å². The maximum Gasteiger partial charge on any atom is 0.262 e. The number of hydrogen-bond acceptors (Lipinski definition) is 3. The van der Waals surface area contributed by atoms with Crippen molar-refractivity contribution in [3.63, 3.8) is 0 Å². The molecule has 0 saturated carbocycles. The van der Waals surface area contributed by atoms with Crippen molar-refractivity contribution in [3.05, 3.63) is 39.1 Å². The van der Waals surface area contributed by atoms with E-state index < -0.39 is 0 Å². The fourth-order valence-electron chi connectivity index (χ4n) is 1.60. The summed E-state index contributed by atoms with van der Waals surface area (Å²) in [6, 6.07) is 1.73. The fraction of sp³-hybridized carbons (Fsp3) is 0.333. The molecule has 0 aliphatic rings. The minimum Gasteiger partial charge on any atom is -0.349 e. The quantitative estimate of drug-likeness (QED) is 0.938. The number of aryl methyl sites for hydroxylation is 1. The number of thiophene rings is 1. The summed E-state index contributed by atoms with van der Waals surface area (Å²) >= 11 is 7.24. The predicted octanol–water partition coefficient (Wildman–Crippen LogP) is 2.64. The number of nitrogens with zero attached hydrogens (tertiary/aromatic N) is 2. The third kappa shape index (κ3) is 2.73. The topological polar surface area (TPSA) is 46.9 Å². The highest BCUT2D eigenvalue weighted by Gasteiger charge is 2.11. The maximum atomic E-state index is 11.8. The normalized spacial score (nSPS) is 10.6. The first kappa shape index (κ1) is 13.1. The van der Waals surface area contributed by atoms with Crippen molar-refractivity contribution in [3.8, 4) is 0 Å². The molecule has 0 radical (unpaired) electrons. The molecule has 96 valence electrons. The van der Waals surface area contributed by atoms with Gasteiger partial charge in [-0.3, -0.25) is 4.79 Å². The summed E-state index contributed by atoms with van der Waals surface area (Å²) in [5.41, 5.74) is 2.14. The van der Waals surface area contributed by atoms with E-state index in [1.807, 2.05) is 18.4 Å². The smallest absolute Gasteiger partial charge is 0.262 e. The SMILES string of the molecule is Cc1ncn(CCNC(=O)c2sccc2Cl)c1C. The van der Waals surface area contributed by atoms with E-state index in [0.29, 0.717) is 23.0 Å². The van der Waals surface area contributed by atoms with Crippen molar-refractivity contribution < 1.29 is 4.79 Å². The van der Waals surface area contributed by atoms with Gasteiger partial charge in [0.25, 0.3) is 5.91 Å². The summed E-state index contributed by atoms with van der Waals surface area (Å²) in [6.07, 6.45) is 1.79. The van der Waals surface area contributed by atoms with E-state index in [2.05, 4.69) is 10.3 Å². The molecular weight excluding hydrogens is 270 g/mol. The lowest BCUT2D eigenvalue weighted by molar-refractivity contribution is 0.0956. The van der Waals surface area contributed by atoms with Crippen molar-refractivity contribution in [2.45, 2.75) is 20.4 Å². The first-order chi connectivity index (χ1) is 8.59. The summed E-state index contributed by atoms with van der Waals surface area (Å²) < 4.78 is 2.02. The van der Waals surface area contributed by atoms with Crippen molar-refractivity contribution in [1.29, 1.82) is 0 Å². The molecule has 2 heterocycles. The first-order valence-corrected chi connectivity index (χ1v) is 6.85. The number of hydrogen-bond donors (Lipinski definition) is 1. The van der Waals surface area contributed by atoms with Crippen LogP contribution in [-0.2, 0) is 6.54 Å². The first-order valence-electron chi connectivity index (χ1n) is 5.59. The molecule has 2 rings (SSSR count). The number of carbonyl (C=O) groups excluding carboxylic acids is 1. The van der Waals surface area contributed by atoms with Gasteiger partial charge in [0, 0.05) is 18.8 Å². The Morgan fingerprint density at radius 2 is 2.33 bits per heavy atom. The number of rotatable bonds is 4. The molecule has 2 aromatic heterocycles. The van der Waals surface area contributed by atoms with Crippen molar-refractivity contribution in [2.75, 3.05) is 6.54 Å². The molecule has 0 unspecified atom stereocenters. The monoisotopic (exact) mass is 283 g/mol. The van der Waals surface area contributed by atoms with E-state index in [9.17, 15) is 4.79 Å². The summed E-state index contributed by atoms with van der Waals surface area (Å²) in [5, 5.41) is 5.16. The predicted molar refractivity (Wildman–Crippen MR) is 73.4 cm³/mol. The van der Waals surface area contributed by atoms with Gasteiger partial charge in [0.05, 0.1) is 17.0 Å². The van der Waals surface area contributed by atoms with Gasteiger partial charge in [-0.1, -0.05) is 11.6 Å². The van der Waals surface area contributed by atoms with Crippen LogP contribution < -0.4 is 5.32 Å². The Kier molecular flexibility index (Phi) is 4.04. The lowest BCUT2D eigenvalue weighted by Gasteiger charge is -2.07. The van der Waals surface area contributed by atoms with Crippen LogP contribution in [0.4, 0.5) is 0 Å². The van der Waals surface area contributed by atoms with Crippen molar-refractivity contribution in [1.82, 2.24) is 14.9 Å². The standard InChI is InChI=1S/C12H14ClN3OS/c1-8-9(2)16(7-15-8)5-4-14-12(17)11-10(13)3-6-18-11/h3,6-7H,4-5H2,1-2H3,(H,14,17). The average Bonchev–Trinajstić information content (AvgIpc) is 2.89. The second kappa shape index (κ2) is 5.54. The second-order valence-electron chi connectivity index (χ2n) is 3.96. The Bertz CT molecular complexity index is 561. The Balaban J connectivity index is 1.88. The molecule has 0 bridgehead atoms.